The molecule has 1 heterocycles. The van der Waals surface area contributed by atoms with Gasteiger partial charge in [-0.2, -0.15) is 0 Å². The Morgan fingerprint density at radius 2 is 1.83 bits per heavy atom. The molecule has 1 fully saturated rings. The predicted molar refractivity (Wildman–Crippen MR) is 90.3 cm³/mol. The van der Waals surface area contributed by atoms with Crippen LogP contribution in [-0.4, -0.2) is 29.3 Å². The lowest BCUT2D eigenvalue weighted by molar-refractivity contribution is -0.119. The molecule has 24 heavy (non-hydrogen) atoms. The molecule has 1 saturated heterocycles. The second kappa shape index (κ2) is 6.83. The quantitative estimate of drug-likeness (QED) is 0.940. The molecule has 2 amide bonds. The van der Waals surface area contributed by atoms with E-state index < -0.39 is 17.8 Å². The second-order valence-corrected chi connectivity index (χ2v) is 5.99. The van der Waals surface area contributed by atoms with Gasteiger partial charge in [-0.25, -0.2) is 4.39 Å². The Morgan fingerprint density at radius 1 is 1.12 bits per heavy atom. The van der Waals surface area contributed by atoms with E-state index in [4.69, 9.17) is 0 Å². The van der Waals surface area contributed by atoms with E-state index in [0.717, 1.165) is 12.0 Å². The third-order valence-corrected chi connectivity index (χ3v) is 4.24. The van der Waals surface area contributed by atoms with Crippen molar-refractivity contribution < 1.29 is 14.0 Å². The van der Waals surface area contributed by atoms with E-state index in [1.54, 1.807) is 6.07 Å². The molecule has 2 aromatic rings. The van der Waals surface area contributed by atoms with Gasteiger partial charge >= 0.3 is 0 Å². The first-order chi connectivity index (χ1) is 11.6. The van der Waals surface area contributed by atoms with Crippen molar-refractivity contribution in [3.05, 3.63) is 65.5 Å². The van der Waals surface area contributed by atoms with E-state index in [1.807, 2.05) is 31.2 Å². The number of hydrogen-bond acceptors (Lipinski definition) is 2. The van der Waals surface area contributed by atoms with E-state index in [9.17, 15) is 14.0 Å². The molecule has 3 rings (SSSR count). The highest BCUT2D eigenvalue weighted by Crippen LogP contribution is 2.23. The standard InChI is InChI=1S/C19H19FN2O2/c1-13-8-10-14(11-9-13)21-18(23)17-7-4-12-22(17)19(24)15-5-2-3-6-16(15)20/h2-3,5-6,8-11,17H,4,7,12H2,1H3,(H,21,23)/t17-/m1/s1. The number of nitrogens with one attached hydrogen (secondary N) is 1. The summed E-state index contributed by atoms with van der Waals surface area (Å²) in [6, 6.07) is 12.8. The minimum atomic E-state index is -0.571. The van der Waals surface area contributed by atoms with Crippen LogP contribution >= 0.6 is 0 Å². The summed E-state index contributed by atoms with van der Waals surface area (Å²) in [5.41, 5.74) is 1.80. The molecule has 0 radical (unpaired) electrons. The fourth-order valence-corrected chi connectivity index (χ4v) is 2.93. The topological polar surface area (TPSA) is 49.4 Å². The van der Waals surface area contributed by atoms with Gasteiger partial charge in [0.2, 0.25) is 5.91 Å². The zero-order valence-corrected chi connectivity index (χ0v) is 13.5. The fraction of sp³-hybridized carbons (Fsp3) is 0.263. The van der Waals surface area contributed by atoms with Crippen molar-refractivity contribution in [2.45, 2.75) is 25.8 Å². The van der Waals surface area contributed by atoms with E-state index >= 15 is 0 Å². The molecule has 5 heteroatoms. The number of carbonyl (C=O) groups excluding carboxylic acids is 2. The highest BCUT2D eigenvalue weighted by molar-refractivity contribution is 6.01. The number of amides is 2. The summed E-state index contributed by atoms with van der Waals surface area (Å²) >= 11 is 0. The lowest BCUT2D eigenvalue weighted by Crippen LogP contribution is -2.43. The van der Waals surface area contributed by atoms with Crippen molar-refractivity contribution in [1.29, 1.82) is 0 Å². The summed E-state index contributed by atoms with van der Waals surface area (Å²) in [4.78, 5) is 26.6. The number of aryl methyl sites for hydroxylation is 1. The number of halogens is 1. The Bertz CT molecular complexity index is 758. The third kappa shape index (κ3) is 3.30. The van der Waals surface area contributed by atoms with Crippen LogP contribution in [0.5, 0.6) is 0 Å². The third-order valence-electron chi connectivity index (χ3n) is 4.24. The Balaban J connectivity index is 1.75. The van der Waals surface area contributed by atoms with Gasteiger partial charge < -0.3 is 10.2 Å². The Morgan fingerprint density at radius 3 is 2.54 bits per heavy atom. The lowest BCUT2D eigenvalue weighted by atomic mass is 10.1. The molecule has 4 nitrogen and oxygen atoms in total. The molecule has 1 N–H and O–H groups in total. The summed E-state index contributed by atoms with van der Waals surface area (Å²) in [5.74, 6) is -1.23. The summed E-state index contributed by atoms with van der Waals surface area (Å²) < 4.78 is 13.9. The minimum absolute atomic E-state index is 0.00698. The van der Waals surface area contributed by atoms with E-state index in [1.165, 1.54) is 23.1 Å². The van der Waals surface area contributed by atoms with Gasteiger partial charge in [-0.15, -0.1) is 0 Å². The smallest absolute Gasteiger partial charge is 0.257 e. The van der Waals surface area contributed by atoms with Crippen LogP contribution in [0.2, 0.25) is 0 Å². The summed E-state index contributed by atoms with van der Waals surface area (Å²) in [5, 5.41) is 2.84. The van der Waals surface area contributed by atoms with Gasteiger partial charge in [0.1, 0.15) is 11.9 Å². The van der Waals surface area contributed by atoms with Gasteiger partial charge in [-0.1, -0.05) is 29.8 Å². The average Bonchev–Trinajstić information content (AvgIpc) is 3.06. The zero-order chi connectivity index (χ0) is 17.1. The lowest BCUT2D eigenvalue weighted by Gasteiger charge is -2.24. The zero-order valence-electron chi connectivity index (χ0n) is 13.5. The molecule has 1 atom stereocenters. The maximum Gasteiger partial charge on any atom is 0.257 e. The van der Waals surface area contributed by atoms with Crippen LogP contribution in [0.3, 0.4) is 0 Å². The van der Waals surface area contributed by atoms with Crippen molar-refractivity contribution in [1.82, 2.24) is 4.90 Å². The molecule has 0 unspecified atom stereocenters. The molecular formula is C19H19FN2O2. The fourth-order valence-electron chi connectivity index (χ4n) is 2.93. The van der Waals surface area contributed by atoms with Crippen molar-refractivity contribution >= 4 is 17.5 Å². The van der Waals surface area contributed by atoms with Gasteiger partial charge in [0.25, 0.3) is 5.91 Å². The summed E-state index contributed by atoms with van der Waals surface area (Å²) in [6.07, 6.45) is 1.31. The first kappa shape index (κ1) is 16.2. The largest absolute Gasteiger partial charge is 0.327 e. The van der Waals surface area contributed by atoms with Gasteiger partial charge in [0.15, 0.2) is 0 Å². The second-order valence-electron chi connectivity index (χ2n) is 5.99. The molecule has 1 aliphatic heterocycles. The summed E-state index contributed by atoms with van der Waals surface area (Å²) in [7, 11) is 0. The van der Waals surface area contributed by atoms with E-state index in [-0.39, 0.29) is 11.5 Å². The Hall–Kier alpha value is -2.69. The number of likely N-dealkylation sites (tertiary alicyclic amines) is 1. The number of rotatable bonds is 3. The van der Waals surface area contributed by atoms with Crippen LogP contribution in [0, 0.1) is 12.7 Å². The van der Waals surface area contributed by atoms with E-state index in [2.05, 4.69) is 5.32 Å². The molecule has 2 aromatic carbocycles. The van der Waals surface area contributed by atoms with Crippen LogP contribution in [0.4, 0.5) is 10.1 Å². The van der Waals surface area contributed by atoms with Gasteiger partial charge in [-0.3, -0.25) is 9.59 Å². The minimum Gasteiger partial charge on any atom is -0.327 e. The first-order valence-electron chi connectivity index (χ1n) is 7.99. The van der Waals surface area contributed by atoms with Crippen molar-refractivity contribution in [2.24, 2.45) is 0 Å². The van der Waals surface area contributed by atoms with Crippen LogP contribution in [0.25, 0.3) is 0 Å². The molecule has 0 aliphatic carbocycles. The first-order valence-corrected chi connectivity index (χ1v) is 7.99. The van der Waals surface area contributed by atoms with Gasteiger partial charge in [0, 0.05) is 12.2 Å². The Kier molecular flexibility index (Phi) is 4.60. The molecule has 0 saturated carbocycles. The molecular weight excluding hydrogens is 307 g/mol. The maximum atomic E-state index is 13.9. The number of anilines is 1. The number of hydrogen-bond donors (Lipinski definition) is 1. The monoisotopic (exact) mass is 326 g/mol. The molecule has 0 aromatic heterocycles. The van der Waals surface area contributed by atoms with Gasteiger partial charge in [0.05, 0.1) is 5.56 Å². The van der Waals surface area contributed by atoms with Gasteiger partial charge in [-0.05, 0) is 44.0 Å². The van der Waals surface area contributed by atoms with Crippen LogP contribution in [0.1, 0.15) is 28.8 Å². The van der Waals surface area contributed by atoms with Crippen molar-refractivity contribution in [2.75, 3.05) is 11.9 Å². The molecule has 1 aliphatic rings. The maximum absolute atomic E-state index is 13.9. The number of benzene rings is 2. The highest BCUT2D eigenvalue weighted by atomic mass is 19.1. The van der Waals surface area contributed by atoms with Crippen molar-refractivity contribution in [3.8, 4) is 0 Å². The Labute approximate surface area is 140 Å². The van der Waals surface area contributed by atoms with Crippen molar-refractivity contribution in [3.63, 3.8) is 0 Å². The SMILES string of the molecule is Cc1ccc(NC(=O)[C@H]2CCCN2C(=O)c2ccccc2F)cc1. The van der Waals surface area contributed by atoms with E-state index in [0.29, 0.717) is 18.7 Å². The molecule has 124 valence electrons. The molecule has 0 spiro atoms. The number of carbonyl (C=O) groups is 2. The normalized spacial score (nSPS) is 16.9. The van der Waals surface area contributed by atoms with Crippen LogP contribution < -0.4 is 5.32 Å². The number of nitrogens with zero attached hydrogens (tertiary/aromatic N) is 1. The van der Waals surface area contributed by atoms with Crippen LogP contribution in [0.15, 0.2) is 48.5 Å². The summed E-state index contributed by atoms with van der Waals surface area (Å²) in [6.45, 7) is 2.43. The van der Waals surface area contributed by atoms with Crippen LogP contribution in [-0.2, 0) is 4.79 Å². The predicted octanol–water partition coefficient (Wildman–Crippen LogP) is 3.38. The molecule has 0 bridgehead atoms. The highest BCUT2D eigenvalue weighted by Gasteiger charge is 2.35. The average molecular weight is 326 g/mol.